The number of hydrogen-bond acceptors (Lipinski definition) is 4. The van der Waals surface area contributed by atoms with Crippen molar-refractivity contribution in [2.45, 2.75) is 0 Å². The molecule has 5 nitrogen and oxygen atoms in total. The number of imide groups is 1. The zero-order valence-electron chi connectivity index (χ0n) is 16.5. The summed E-state index contributed by atoms with van der Waals surface area (Å²) >= 11 is 1.18. The fourth-order valence-electron chi connectivity index (χ4n) is 3.60. The minimum absolute atomic E-state index is 0.352. The number of benzene rings is 3. The number of nitrogens with one attached hydrogen (secondary N) is 1. The van der Waals surface area contributed by atoms with Crippen molar-refractivity contribution in [1.82, 2.24) is 0 Å². The highest BCUT2D eigenvalue weighted by Crippen LogP contribution is 2.32. The summed E-state index contributed by atoms with van der Waals surface area (Å²) < 4.78 is 14.0. The first kappa shape index (κ1) is 19.8. The van der Waals surface area contributed by atoms with Crippen LogP contribution in [0, 0.1) is 5.82 Å². The summed E-state index contributed by atoms with van der Waals surface area (Å²) in [4.78, 5) is 40.3. The number of fused-ring (bicyclic) bond motifs is 1. The van der Waals surface area contributed by atoms with Gasteiger partial charge in [-0.05, 0) is 48.5 Å². The molecule has 0 aliphatic carbocycles. The standard InChI is InChI=1S/C25H15FN2O3S/c26-20-11-4-3-10-19(20)21-12-13-22(32-21)23(29)27-15-6-5-7-16(14-15)28-24(30)17-8-1-2-9-18(17)25(28)31/h1-14H,(H,27,29). The molecule has 0 spiro atoms. The maximum absolute atomic E-state index is 14.0. The second-order valence-corrected chi connectivity index (χ2v) is 8.22. The number of amides is 3. The summed E-state index contributed by atoms with van der Waals surface area (Å²) in [6.07, 6.45) is 0. The molecule has 4 aromatic rings. The average molecular weight is 442 g/mol. The molecular formula is C25H15FN2O3S. The molecule has 156 valence electrons. The fourth-order valence-corrected chi connectivity index (χ4v) is 4.53. The molecule has 5 rings (SSSR count). The first-order chi connectivity index (χ1) is 15.5. The second-order valence-electron chi connectivity index (χ2n) is 7.14. The summed E-state index contributed by atoms with van der Waals surface area (Å²) in [6, 6.07) is 22.9. The third-order valence-corrected chi connectivity index (χ3v) is 6.24. The lowest BCUT2D eigenvalue weighted by atomic mass is 10.1. The highest BCUT2D eigenvalue weighted by atomic mass is 32.1. The predicted octanol–water partition coefficient (Wildman–Crippen LogP) is 5.61. The lowest BCUT2D eigenvalue weighted by Crippen LogP contribution is -2.29. The molecule has 0 bridgehead atoms. The minimum atomic E-state index is -0.401. The van der Waals surface area contributed by atoms with Crippen LogP contribution in [0.1, 0.15) is 30.4 Å². The molecule has 0 atom stereocenters. The molecule has 1 aliphatic heterocycles. The van der Waals surface area contributed by atoms with E-state index in [-0.39, 0.29) is 11.7 Å². The van der Waals surface area contributed by atoms with Gasteiger partial charge >= 0.3 is 0 Å². The molecule has 0 fully saturated rings. The van der Waals surface area contributed by atoms with Crippen molar-refractivity contribution >= 4 is 40.4 Å². The van der Waals surface area contributed by atoms with Crippen LogP contribution in [-0.2, 0) is 0 Å². The van der Waals surface area contributed by atoms with Crippen LogP contribution < -0.4 is 10.2 Å². The molecular weight excluding hydrogens is 427 g/mol. The van der Waals surface area contributed by atoms with Gasteiger partial charge in [-0.15, -0.1) is 11.3 Å². The Morgan fingerprint density at radius 2 is 1.44 bits per heavy atom. The van der Waals surface area contributed by atoms with E-state index in [0.29, 0.717) is 37.8 Å². The number of hydrogen-bond donors (Lipinski definition) is 1. The Morgan fingerprint density at radius 3 is 2.12 bits per heavy atom. The number of anilines is 2. The normalized spacial score (nSPS) is 12.7. The number of thiophene rings is 1. The summed E-state index contributed by atoms with van der Waals surface area (Å²) in [7, 11) is 0. The topological polar surface area (TPSA) is 66.5 Å². The average Bonchev–Trinajstić information content (AvgIpc) is 3.38. The SMILES string of the molecule is O=C(Nc1cccc(N2C(=O)c3ccccc3C2=O)c1)c1ccc(-c2ccccc2F)s1. The molecule has 32 heavy (non-hydrogen) atoms. The van der Waals surface area contributed by atoms with Crippen LogP contribution in [0.5, 0.6) is 0 Å². The number of carbonyl (C=O) groups excluding carboxylic acids is 3. The number of halogens is 1. The minimum Gasteiger partial charge on any atom is -0.321 e. The monoisotopic (exact) mass is 442 g/mol. The molecule has 7 heteroatoms. The maximum Gasteiger partial charge on any atom is 0.266 e. The molecule has 3 aromatic carbocycles. The number of carbonyl (C=O) groups is 3. The van der Waals surface area contributed by atoms with E-state index in [0.717, 1.165) is 4.90 Å². The van der Waals surface area contributed by atoms with Gasteiger partial charge in [0.2, 0.25) is 0 Å². The zero-order valence-corrected chi connectivity index (χ0v) is 17.4. The fraction of sp³-hybridized carbons (Fsp3) is 0. The second kappa shape index (κ2) is 7.86. The molecule has 2 heterocycles. The number of nitrogens with zero attached hydrogens (tertiary/aromatic N) is 1. The Kier molecular flexibility index (Phi) is 4.88. The third kappa shape index (κ3) is 3.38. The van der Waals surface area contributed by atoms with Crippen molar-refractivity contribution in [3.8, 4) is 10.4 Å². The largest absolute Gasteiger partial charge is 0.321 e. The van der Waals surface area contributed by atoms with Gasteiger partial charge in [0.1, 0.15) is 5.82 Å². The van der Waals surface area contributed by atoms with E-state index >= 15 is 0 Å². The first-order valence-electron chi connectivity index (χ1n) is 9.77. The van der Waals surface area contributed by atoms with Crippen LogP contribution in [0.15, 0.2) is 84.9 Å². The lowest BCUT2D eigenvalue weighted by molar-refractivity contribution is 0.0925. The zero-order chi connectivity index (χ0) is 22.2. The molecule has 3 amide bonds. The van der Waals surface area contributed by atoms with Crippen LogP contribution in [0.25, 0.3) is 10.4 Å². The third-order valence-electron chi connectivity index (χ3n) is 5.13. The predicted molar refractivity (Wildman–Crippen MR) is 122 cm³/mol. The van der Waals surface area contributed by atoms with Gasteiger partial charge in [0, 0.05) is 16.1 Å². The lowest BCUT2D eigenvalue weighted by Gasteiger charge is -2.15. The summed E-state index contributed by atoms with van der Waals surface area (Å²) in [5, 5.41) is 2.78. The van der Waals surface area contributed by atoms with Gasteiger partial charge in [0.15, 0.2) is 0 Å². The Bertz CT molecular complexity index is 1360. The van der Waals surface area contributed by atoms with E-state index in [1.165, 1.54) is 17.4 Å². The molecule has 1 aromatic heterocycles. The Labute approximate surface area is 186 Å². The van der Waals surface area contributed by atoms with Gasteiger partial charge in [-0.25, -0.2) is 9.29 Å². The summed E-state index contributed by atoms with van der Waals surface area (Å²) in [5.41, 5.74) is 1.94. The van der Waals surface area contributed by atoms with Crippen molar-refractivity contribution in [3.63, 3.8) is 0 Å². The van der Waals surface area contributed by atoms with Gasteiger partial charge in [0.05, 0.1) is 21.7 Å². The molecule has 1 aliphatic rings. The van der Waals surface area contributed by atoms with Gasteiger partial charge in [0.25, 0.3) is 17.7 Å². The van der Waals surface area contributed by atoms with Crippen molar-refractivity contribution in [1.29, 1.82) is 0 Å². The van der Waals surface area contributed by atoms with Gasteiger partial charge < -0.3 is 5.32 Å². The van der Waals surface area contributed by atoms with Crippen LogP contribution in [0.2, 0.25) is 0 Å². The molecule has 0 radical (unpaired) electrons. The van der Waals surface area contributed by atoms with Crippen LogP contribution >= 0.6 is 11.3 Å². The van der Waals surface area contributed by atoms with Gasteiger partial charge in [-0.1, -0.05) is 36.4 Å². The van der Waals surface area contributed by atoms with Gasteiger partial charge in [-0.2, -0.15) is 0 Å². The quantitative estimate of drug-likeness (QED) is 0.418. The Morgan fingerprint density at radius 1 is 0.781 bits per heavy atom. The van der Waals surface area contributed by atoms with Crippen molar-refractivity contribution in [2.24, 2.45) is 0 Å². The van der Waals surface area contributed by atoms with E-state index in [2.05, 4.69) is 5.32 Å². The number of rotatable bonds is 4. The molecule has 0 saturated carbocycles. The molecule has 0 saturated heterocycles. The summed E-state index contributed by atoms with van der Waals surface area (Å²) in [6.45, 7) is 0. The van der Waals surface area contributed by atoms with Crippen LogP contribution in [0.4, 0.5) is 15.8 Å². The van der Waals surface area contributed by atoms with Crippen molar-refractivity contribution < 1.29 is 18.8 Å². The maximum atomic E-state index is 14.0. The van der Waals surface area contributed by atoms with E-state index in [9.17, 15) is 18.8 Å². The van der Waals surface area contributed by atoms with E-state index in [1.54, 1.807) is 78.9 Å². The van der Waals surface area contributed by atoms with E-state index in [1.807, 2.05) is 0 Å². The molecule has 0 unspecified atom stereocenters. The Balaban J connectivity index is 1.37. The Hall–Kier alpha value is -4.10. The van der Waals surface area contributed by atoms with E-state index in [4.69, 9.17) is 0 Å². The van der Waals surface area contributed by atoms with Gasteiger partial charge in [-0.3, -0.25) is 14.4 Å². The highest BCUT2D eigenvalue weighted by molar-refractivity contribution is 7.17. The molecule has 1 N–H and O–H groups in total. The van der Waals surface area contributed by atoms with Crippen molar-refractivity contribution in [2.75, 3.05) is 10.2 Å². The van der Waals surface area contributed by atoms with Crippen LogP contribution in [-0.4, -0.2) is 17.7 Å². The van der Waals surface area contributed by atoms with Crippen LogP contribution in [0.3, 0.4) is 0 Å². The van der Waals surface area contributed by atoms with E-state index < -0.39 is 11.8 Å². The smallest absolute Gasteiger partial charge is 0.266 e. The summed E-state index contributed by atoms with van der Waals surface area (Å²) in [5.74, 6) is -1.52. The highest BCUT2D eigenvalue weighted by Gasteiger charge is 2.36. The van der Waals surface area contributed by atoms with Crippen molar-refractivity contribution in [3.05, 3.63) is 107 Å². The first-order valence-corrected chi connectivity index (χ1v) is 10.6.